The van der Waals surface area contributed by atoms with Crippen molar-refractivity contribution in [2.75, 3.05) is 17.9 Å². The van der Waals surface area contributed by atoms with Crippen LogP contribution >= 0.6 is 11.6 Å². The number of unbranched alkanes of at least 4 members (excludes halogenated alkanes) is 1. The zero-order valence-electron chi connectivity index (χ0n) is 10.8. The van der Waals surface area contributed by atoms with Crippen molar-refractivity contribution in [2.45, 2.75) is 52.4 Å². The molecule has 0 N–H and O–H groups in total. The van der Waals surface area contributed by atoms with Gasteiger partial charge in [0.15, 0.2) is 0 Å². The minimum absolute atomic E-state index is 0.155. The topological polar surface area (TPSA) is 34.1 Å². The van der Waals surface area contributed by atoms with Gasteiger partial charge in [-0.25, -0.2) is 8.42 Å². The van der Waals surface area contributed by atoms with Gasteiger partial charge in [0.05, 0.1) is 0 Å². The van der Waals surface area contributed by atoms with Crippen molar-refractivity contribution in [3.05, 3.63) is 0 Å². The van der Waals surface area contributed by atoms with Crippen molar-refractivity contribution in [2.24, 2.45) is 5.41 Å². The van der Waals surface area contributed by atoms with Gasteiger partial charge in [-0.1, -0.05) is 26.7 Å². The predicted molar refractivity (Wildman–Crippen MR) is 71.9 cm³/mol. The van der Waals surface area contributed by atoms with Crippen LogP contribution in [0.3, 0.4) is 0 Å². The van der Waals surface area contributed by atoms with Crippen LogP contribution in [0.4, 0.5) is 0 Å². The van der Waals surface area contributed by atoms with E-state index in [2.05, 4.69) is 13.8 Å². The lowest BCUT2D eigenvalue weighted by Crippen LogP contribution is -2.23. The molecule has 0 aromatic rings. The summed E-state index contributed by atoms with van der Waals surface area (Å²) in [5, 5.41) is 0. The van der Waals surface area contributed by atoms with Crippen LogP contribution in [-0.4, -0.2) is 26.3 Å². The SMILES string of the molecule is CCCCC(CC)(CCl)CCCS(C)(=O)=O. The fourth-order valence-electron chi connectivity index (χ4n) is 1.97. The molecule has 0 amide bonds. The standard InChI is InChI=1S/C12H25ClO2S/c1-4-6-8-12(5-2,11-13)9-7-10-16(3,14)15/h4-11H2,1-3H3. The predicted octanol–water partition coefficient (Wildman–Crippen LogP) is 3.64. The van der Waals surface area contributed by atoms with E-state index in [4.69, 9.17) is 11.6 Å². The van der Waals surface area contributed by atoms with Crippen LogP contribution in [0, 0.1) is 5.41 Å². The second kappa shape index (κ2) is 7.54. The Morgan fingerprint density at radius 2 is 1.69 bits per heavy atom. The van der Waals surface area contributed by atoms with Crippen molar-refractivity contribution in [1.29, 1.82) is 0 Å². The van der Waals surface area contributed by atoms with Gasteiger partial charge in [0, 0.05) is 17.9 Å². The molecule has 1 unspecified atom stereocenters. The normalized spacial score (nSPS) is 16.0. The molecule has 0 radical (unpaired) electrons. The van der Waals surface area contributed by atoms with Gasteiger partial charge in [0.1, 0.15) is 9.84 Å². The molecule has 2 nitrogen and oxygen atoms in total. The van der Waals surface area contributed by atoms with E-state index >= 15 is 0 Å². The molecule has 98 valence electrons. The first-order chi connectivity index (χ1) is 7.39. The lowest BCUT2D eigenvalue weighted by molar-refractivity contribution is 0.256. The first kappa shape index (κ1) is 16.2. The lowest BCUT2D eigenvalue weighted by atomic mass is 9.78. The minimum Gasteiger partial charge on any atom is -0.229 e. The third-order valence-corrected chi connectivity index (χ3v) is 4.91. The average Bonchev–Trinajstić information content (AvgIpc) is 2.22. The Morgan fingerprint density at radius 1 is 1.12 bits per heavy atom. The molecule has 0 heterocycles. The van der Waals surface area contributed by atoms with Gasteiger partial charge in [-0.2, -0.15) is 0 Å². The first-order valence-electron chi connectivity index (χ1n) is 6.13. The molecule has 0 rings (SSSR count). The maximum absolute atomic E-state index is 11.1. The quantitative estimate of drug-likeness (QED) is 0.599. The summed E-state index contributed by atoms with van der Waals surface area (Å²) in [6.07, 6.45) is 7.48. The number of hydrogen-bond acceptors (Lipinski definition) is 2. The molecule has 0 bridgehead atoms. The van der Waals surface area contributed by atoms with Gasteiger partial charge in [0.25, 0.3) is 0 Å². The summed E-state index contributed by atoms with van der Waals surface area (Å²) in [4.78, 5) is 0. The smallest absolute Gasteiger partial charge is 0.147 e. The van der Waals surface area contributed by atoms with Crippen LogP contribution in [0.15, 0.2) is 0 Å². The fourth-order valence-corrected chi connectivity index (χ4v) is 3.09. The molecule has 0 saturated heterocycles. The van der Waals surface area contributed by atoms with Crippen molar-refractivity contribution >= 4 is 21.4 Å². The van der Waals surface area contributed by atoms with Crippen LogP contribution in [0.2, 0.25) is 0 Å². The van der Waals surface area contributed by atoms with Gasteiger partial charge in [0.2, 0.25) is 0 Å². The molecule has 0 spiro atoms. The molecule has 16 heavy (non-hydrogen) atoms. The van der Waals surface area contributed by atoms with E-state index in [1.165, 1.54) is 19.1 Å². The highest BCUT2D eigenvalue weighted by Crippen LogP contribution is 2.35. The van der Waals surface area contributed by atoms with Gasteiger partial charge in [-0.15, -0.1) is 11.6 Å². The van der Waals surface area contributed by atoms with Crippen molar-refractivity contribution in [3.8, 4) is 0 Å². The Labute approximate surface area is 106 Å². The van der Waals surface area contributed by atoms with E-state index in [0.29, 0.717) is 5.88 Å². The number of rotatable bonds is 9. The largest absolute Gasteiger partial charge is 0.229 e. The zero-order valence-corrected chi connectivity index (χ0v) is 12.3. The van der Waals surface area contributed by atoms with Gasteiger partial charge in [-0.05, 0) is 31.1 Å². The summed E-state index contributed by atoms with van der Waals surface area (Å²) in [5.74, 6) is 0.936. The molecular formula is C12H25ClO2S. The summed E-state index contributed by atoms with van der Waals surface area (Å²) in [6.45, 7) is 4.32. The molecule has 1 atom stereocenters. The maximum Gasteiger partial charge on any atom is 0.147 e. The highest BCUT2D eigenvalue weighted by molar-refractivity contribution is 7.90. The highest BCUT2D eigenvalue weighted by Gasteiger charge is 2.26. The monoisotopic (exact) mass is 268 g/mol. The molecule has 0 aromatic heterocycles. The molecule has 0 aliphatic rings. The third-order valence-electron chi connectivity index (χ3n) is 3.32. The number of halogens is 1. The van der Waals surface area contributed by atoms with Crippen molar-refractivity contribution in [3.63, 3.8) is 0 Å². The summed E-state index contributed by atoms with van der Waals surface area (Å²) >= 11 is 6.06. The van der Waals surface area contributed by atoms with Gasteiger partial charge < -0.3 is 0 Å². The number of sulfone groups is 1. The Morgan fingerprint density at radius 3 is 2.06 bits per heavy atom. The molecule has 0 saturated carbocycles. The molecule has 4 heteroatoms. The van der Waals surface area contributed by atoms with E-state index in [9.17, 15) is 8.42 Å². The Hall–Kier alpha value is 0.240. The summed E-state index contributed by atoms with van der Waals surface area (Å²) in [5.41, 5.74) is 0.155. The van der Waals surface area contributed by atoms with E-state index in [-0.39, 0.29) is 11.2 Å². The second-order valence-corrected chi connectivity index (χ2v) is 7.35. The van der Waals surface area contributed by atoms with Crippen LogP contribution < -0.4 is 0 Å². The molecule has 0 aliphatic carbocycles. The van der Waals surface area contributed by atoms with E-state index in [1.54, 1.807) is 0 Å². The van der Waals surface area contributed by atoms with E-state index in [0.717, 1.165) is 25.7 Å². The average molecular weight is 269 g/mol. The lowest BCUT2D eigenvalue weighted by Gasteiger charge is -2.30. The first-order valence-corrected chi connectivity index (χ1v) is 8.72. The van der Waals surface area contributed by atoms with Gasteiger partial charge in [-0.3, -0.25) is 0 Å². The summed E-state index contributed by atoms with van der Waals surface area (Å²) in [7, 11) is -2.83. The zero-order chi connectivity index (χ0) is 12.7. The third kappa shape index (κ3) is 6.74. The fraction of sp³-hybridized carbons (Fsp3) is 1.00. The molecule has 0 aromatic carbocycles. The van der Waals surface area contributed by atoms with Crippen molar-refractivity contribution in [1.82, 2.24) is 0 Å². The minimum atomic E-state index is -2.83. The van der Waals surface area contributed by atoms with Crippen LogP contribution in [0.5, 0.6) is 0 Å². The van der Waals surface area contributed by atoms with Crippen LogP contribution in [0.25, 0.3) is 0 Å². The van der Waals surface area contributed by atoms with Crippen molar-refractivity contribution < 1.29 is 8.42 Å². The Bertz CT molecular complexity index is 269. The summed E-state index contributed by atoms with van der Waals surface area (Å²) in [6, 6.07) is 0. The highest BCUT2D eigenvalue weighted by atomic mass is 35.5. The van der Waals surface area contributed by atoms with Crippen LogP contribution in [-0.2, 0) is 9.84 Å². The summed E-state index contributed by atoms with van der Waals surface area (Å²) < 4.78 is 22.1. The maximum atomic E-state index is 11.1. The van der Waals surface area contributed by atoms with E-state index in [1.807, 2.05) is 0 Å². The second-order valence-electron chi connectivity index (χ2n) is 4.82. The Balaban J connectivity index is 4.21. The number of alkyl halides is 1. The van der Waals surface area contributed by atoms with Gasteiger partial charge >= 0.3 is 0 Å². The molecular weight excluding hydrogens is 244 g/mol. The van der Waals surface area contributed by atoms with Crippen LogP contribution in [0.1, 0.15) is 52.4 Å². The molecule has 0 fully saturated rings. The molecule has 0 aliphatic heterocycles. The Kier molecular flexibility index (Phi) is 7.66. The number of hydrogen-bond donors (Lipinski definition) is 0. The van der Waals surface area contributed by atoms with E-state index < -0.39 is 9.84 Å².